The summed E-state index contributed by atoms with van der Waals surface area (Å²) in [7, 11) is 0. The summed E-state index contributed by atoms with van der Waals surface area (Å²) in [6.07, 6.45) is 0. The van der Waals surface area contributed by atoms with Crippen molar-refractivity contribution in [3.63, 3.8) is 0 Å². The van der Waals surface area contributed by atoms with Gasteiger partial charge in [0.1, 0.15) is 11.5 Å². The largest absolute Gasteiger partial charge is 0.455 e. The van der Waals surface area contributed by atoms with Crippen LogP contribution in [0.2, 0.25) is 0 Å². The summed E-state index contributed by atoms with van der Waals surface area (Å²) >= 11 is 0. The summed E-state index contributed by atoms with van der Waals surface area (Å²) in [6, 6.07) is 126. The maximum absolute atomic E-state index is 7.34. The minimum Gasteiger partial charge on any atom is -0.455 e. The van der Waals surface area contributed by atoms with Gasteiger partial charge < -0.3 is 9.64 Å². The number of ether oxygens (including phenoxy) is 1. The molecule has 0 N–H and O–H groups in total. The zero-order valence-corrected chi connectivity index (χ0v) is 49.6. The molecule has 2 spiro atoms. The molecule has 0 atom stereocenters. The molecule has 0 fully saturated rings. The van der Waals surface area contributed by atoms with Gasteiger partial charge in [-0.25, -0.2) is 0 Å². The average Bonchev–Trinajstić information content (AvgIpc) is 1.59. The molecule has 422 valence electrons. The van der Waals surface area contributed by atoms with Gasteiger partial charge >= 0.3 is 0 Å². The zero-order valence-electron chi connectivity index (χ0n) is 49.6. The quantitative estimate of drug-likeness (QED) is 0.165. The molecular formula is C89H55NO. The molecule has 2 heteroatoms. The second kappa shape index (κ2) is 18.7. The molecule has 91 heavy (non-hydrogen) atoms. The molecule has 0 amide bonds. The molecule has 20 rings (SSSR count). The van der Waals surface area contributed by atoms with Crippen molar-refractivity contribution < 1.29 is 4.74 Å². The lowest BCUT2D eigenvalue weighted by Crippen LogP contribution is -2.32. The molecule has 5 aliphatic rings. The minimum absolute atomic E-state index is 0.521. The van der Waals surface area contributed by atoms with Crippen LogP contribution in [0, 0.1) is 0 Å². The first-order valence-corrected chi connectivity index (χ1v) is 31.8. The Balaban J connectivity index is 0.816. The van der Waals surface area contributed by atoms with Crippen LogP contribution in [-0.2, 0) is 16.2 Å². The molecule has 0 aromatic heterocycles. The standard InChI is InChI=1S/C89H55NO/c1-3-24-59(25-4-1)87(60-26-5-2-6-27-60)74-36-16-11-32-69(74)71-50-48-62(54-82(71)87)90(63-49-51-72-70-33-14-19-39-77(70)88(83(72)55-63)75-37-17-12-30-67(75)68-31-13-18-38-76(68)88)61-46-42-58(43-47-61)64-35-21-41-79-84(64)73-34-15-20-40-78(73)89(79)80-52-44-56-22-7-9-28-65(56)85(80)91-86-66-29-10-8-23-57(66)45-53-81(86)89/h1-55H. The third-order valence-corrected chi connectivity index (χ3v) is 21.2. The van der Waals surface area contributed by atoms with Crippen LogP contribution in [-0.4, -0.2) is 0 Å². The van der Waals surface area contributed by atoms with Crippen molar-refractivity contribution in [2.45, 2.75) is 16.2 Å². The maximum atomic E-state index is 7.34. The molecule has 0 unspecified atom stereocenters. The van der Waals surface area contributed by atoms with Crippen molar-refractivity contribution in [1.82, 2.24) is 0 Å². The van der Waals surface area contributed by atoms with Crippen molar-refractivity contribution in [1.29, 1.82) is 0 Å². The summed E-state index contributed by atoms with van der Waals surface area (Å²) in [6.45, 7) is 0. The fraction of sp³-hybridized carbons (Fsp3) is 0.0337. The topological polar surface area (TPSA) is 12.5 Å². The van der Waals surface area contributed by atoms with E-state index in [1.54, 1.807) is 0 Å². The molecule has 0 radical (unpaired) electrons. The molecule has 0 saturated carbocycles. The Bertz CT molecular complexity index is 5290. The average molecular weight is 1150 g/mol. The van der Waals surface area contributed by atoms with Crippen molar-refractivity contribution in [2.75, 3.05) is 4.90 Å². The zero-order chi connectivity index (χ0) is 59.6. The number of hydrogen-bond donors (Lipinski definition) is 0. The smallest absolute Gasteiger partial charge is 0.140 e. The highest BCUT2D eigenvalue weighted by atomic mass is 16.5. The van der Waals surface area contributed by atoms with Crippen LogP contribution in [0.3, 0.4) is 0 Å². The second-order valence-electron chi connectivity index (χ2n) is 25.2. The maximum Gasteiger partial charge on any atom is 0.140 e. The van der Waals surface area contributed by atoms with E-state index >= 15 is 0 Å². The monoisotopic (exact) mass is 1150 g/mol. The predicted octanol–water partition coefficient (Wildman–Crippen LogP) is 22.3. The van der Waals surface area contributed by atoms with Gasteiger partial charge in [0.2, 0.25) is 0 Å². The van der Waals surface area contributed by atoms with Crippen molar-refractivity contribution in [3.05, 3.63) is 400 Å². The summed E-state index contributed by atoms with van der Waals surface area (Å²) in [5.41, 5.74) is 29.1. The Morgan fingerprint density at radius 3 is 1.09 bits per heavy atom. The van der Waals surface area contributed by atoms with Gasteiger partial charge in [-0.2, -0.15) is 0 Å². The highest BCUT2D eigenvalue weighted by molar-refractivity contribution is 6.03. The van der Waals surface area contributed by atoms with E-state index < -0.39 is 16.2 Å². The molecule has 1 aliphatic heterocycles. The Morgan fingerprint density at radius 1 is 0.220 bits per heavy atom. The molecule has 0 saturated heterocycles. The van der Waals surface area contributed by atoms with E-state index in [1.165, 1.54) is 106 Å². The molecule has 1 heterocycles. The third kappa shape index (κ3) is 6.50. The van der Waals surface area contributed by atoms with Crippen LogP contribution in [0.5, 0.6) is 11.5 Å². The van der Waals surface area contributed by atoms with Crippen LogP contribution < -0.4 is 9.64 Å². The second-order valence-corrected chi connectivity index (χ2v) is 25.2. The van der Waals surface area contributed by atoms with Gasteiger partial charge in [-0.15, -0.1) is 0 Å². The highest BCUT2D eigenvalue weighted by Crippen LogP contribution is 2.67. The molecule has 4 aliphatic carbocycles. The Morgan fingerprint density at radius 2 is 0.582 bits per heavy atom. The molecule has 0 bridgehead atoms. The highest BCUT2D eigenvalue weighted by Gasteiger charge is 2.54. The Labute approximate surface area is 528 Å². The van der Waals surface area contributed by atoms with Crippen LogP contribution in [0.25, 0.3) is 77.2 Å². The first kappa shape index (κ1) is 50.4. The van der Waals surface area contributed by atoms with E-state index in [4.69, 9.17) is 4.74 Å². The lowest BCUT2D eigenvalue weighted by molar-refractivity contribution is 0.447. The van der Waals surface area contributed by atoms with Gasteiger partial charge in [0.05, 0.1) is 16.2 Å². The van der Waals surface area contributed by atoms with Crippen molar-refractivity contribution in [2.24, 2.45) is 0 Å². The summed E-state index contributed by atoms with van der Waals surface area (Å²) in [5.74, 6) is 1.84. The summed E-state index contributed by atoms with van der Waals surface area (Å²) < 4.78 is 7.34. The SMILES string of the molecule is c1ccc(C2(c3ccccc3)c3ccccc3-c3ccc(N(c4ccc(-c5cccc6c5-c5ccccc5C65c6ccc7ccccc7c6Oc6c5ccc5ccccc65)cc4)c4ccc5c(c4)C4(c6ccccc6-c6ccccc64)c4ccccc4-5)cc32)cc1. The number of benzene rings is 15. The Hall–Kier alpha value is -11.6. The van der Waals surface area contributed by atoms with Crippen molar-refractivity contribution >= 4 is 38.6 Å². The van der Waals surface area contributed by atoms with E-state index in [2.05, 4.69) is 339 Å². The van der Waals surface area contributed by atoms with Crippen LogP contribution in [0.1, 0.15) is 66.8 Å². The lowest BCUT2D eigenvalue weighted by atomic mass is 9.65. The van der Waals surface area contributed by atoms with Gasteiger partial charge in [-0.3, -0.25) is 0 Å². The van der Waals surface area contributed by atoms with E-state index in [0.29, 0.717) is 0 Å². The molecule has 15 aromatic carbocycles. The van der Waals surface area contributed by atoms with Gasteiger partial charge in [-0.05, 0) is 158 Å². The number of fused-ring (bicyclic) bond motifs is 26. The first-order valence-electron chi connectivity index (χ1n) is 31.8. The fourth-order valence-corrected chi connectivity index (χ4v) is 17.7. The van der Waals surface area contributed by atoms with E-state index in [9.17, 15) is 0 Å². The van der Waals surface area contributed by atoms with Crippen LogP contribution in [0.15, 0.2) is 334 Å². The number of hydrogen-bond acceptors (Lipinski definition) is 2. The van der Waals surface area contributed by atoms with Crippen LogP contribution in [0.4, 0.5) is 17.1 Å². The molecular weight excluding hydrogens is 1100 g/mol. The number of nitrogens with zero attached hydrogens (tertiary/aromatic N) is 1. The van der Waals surface area contributed by atoms with Gasteiger partial charge in [-0.1, -0.05) is 297 Å². The summed E-state index contributed by atoms with van der Waals surface area (Å²) in [4.78, 5) is 2.53. The Kier molecular flexibility index (Phi) is 10.4. The predicted molar refractivity (Wildman–Crippen MR) is 373 cm³/mol. The lowest BCUT2D eigenvalue weighted by Gasteiger charge is -2.40. The number of anilines is 3. The normalized spacial score (nSPS) is 14.5. The van der Waals surface area contributed by atoms with Gasteiger partial charge in [0.25, 0.3) is 0 Å². The van der Waals surface area contributed by atoms with Crippen LogP contribution >= 0.6 is 0 Å². The van der Waals surface area contributed by atoms with Crippen molar-refractivity contribution in [3.8, 4) is 67.1 Å². The minimum atomic E-state index is -0.664. The fourth-order valence-electron chi connectivity index (χ4n) is 17.7. The number of rotatable bonds is 6. The van der Waals surface area contributed by atoms with E-state index in [0.717, 1.165) is 66.8 Å². The first-order chi connectivity index (χ1) is 45.1. The third-order valence-electron chi connectivity index (χ3n) is 21.2. The summed E-state index contributed by atoms with van der Waals surface area (Å²) in [5, 5.41) is 4.54. The molecule has 2 nitrogen and oxygen atoms in total. The van der Waals surface area contributed by atoms with Gasteiger partial charge in [0, 0.05) is 39.0 Å². The van der Waals surface area contributed by atoms with E-state index in [1.807, 2.05) is 0 Å². The van der Waals surface area contributed by atoms with E-state index in [-0.39, 0.29) is 0 Å². The van der Waals surface area contributed by atoms with Gasteiger partial charge in [0.15, 0.2) is 0 Å². The molecule has 15 aromatic rings.